The Labute approximate surface area is 124 Å². The van der Waals surface area contributed by atoms with Gasteiger partial charge in [-0.25, -0.2) is 0 Å². The van der Waals surface area contributed by atoms with Crippen molar-refractivity contribution in [3.05, 3.63) is 29.8 Å². The molecule has 1 N–H and O–H groups in total. The van der Waals surface area contributed by atoms with Crippen molar-refractivity contribution in [1.29, 1.82) is 0 Å². The fraction of sp³-hybridized carbons (Fsp3) is 0.500. The summed E-state index contributed by atoms with van der Waals surface area (Å²) in [5.41, 5.74) is 0.550. The molecular weight excluding hydrogens is 332 g/mol. The first-order chi connectivity index (χ1) is 9.54. The molecule has 0 saturated heterocycles. The van der Waals surface area contributed by atoms with Crippen LogP contribution in [0, 0.1) is 5.41 Å². The maximum atomic E-state index is 12.1. The fourth-order valence-corrected chi connectivity index (χ4v) is 2.92. The van der Waals surface area contributed by atoms with Gasteiger partial charge in [0.2, 0.25) is 0 Å². The third-order valence-electron chi connectivity index (χ3n) is 3.53. The highest BCUT2D eigenvalue weighted by Gasteiger charge is 2.41. The third kappa shape index (κ3) is 4.16. The third-order valence-corrected chi connectivity index (χ3v) is 3.92. The second-order valence-corrected chi connectivity index (χ2v) is 5.82. The second kappa shape index (κ2) is 6.52. The van der Waals surface area contributed by atoms with Crippen LogP contribution in [0.3, 0.4) is 0 Å². The predicted molar refractivity (Wildman–Crippen MR) is 75.5 cm³/mol. The summed E-state index contributed by atoms with van der Waals surface area (Å²) < 4.78 is 28.5. The van der Waals surface area contributed by atoms with Crippen LogP contribution in [0.5, 0.6) is 5.75 Å². The first-order valence-electron chi connectivity index (χ1n) is 6.44. The van der Waals surface area contributed by atoms with Gasteiger partial charge in [0.05, 0.1) is 0 Å². The first-order valence-corrected chi connectivity index (χ1v) is 7.56. The SMILES string of the molecule is O=C(NCC1(CCBr)CC1)c1cccc(OC(F)F)c1. The summed E-state index contributed by atoms with van der Waals surface area (Å²) in [4.78, 5) is 12.0. The quantitative estimate of drug-likeness (QED) is 0.765. The molecule has 0 unspecified atom stereocenters. The molecule has 0 bridgehead atoms. The Morgan fingerprint density at radius 3 is 2.80 bits per heavy atom. The molecule has 0 heterocycles. The van der Waals surface area contributed by atoms with Crippen LogP contribution in [-0.2, 0) is 0 Å². The second-order valence-electron chi connectivity index (χ2n) is 5.03. The molecule has 0 aromatic heterocycles. The van der Waals surface area contributed by atoms with E-state index in [1.165, 1.54) is 18.2 Å². The summed E-state index contributed by atoms with van der Waals surface area (Å²) >= 11 is 3.41. The Morgan fingerprint density at radius 2 is 2.20 bits per heavy atom. The van der Waals surface area contributed by atoms with Crippen molar-refractivity contribution in [3.8, 4) is 5.75 Å². The highest BCUT2D eigenvalue weighted by Crippen LogP contribution is 2.48. The van der Waals surface area contributed by atoms with E-state index in [0.29, 0.717) is 12.1 Å². The number of rotatable bonds is 7. The molecule has 1 aliphatic carbocycles. The Balaban J connectivity index is 1.92. The number of carbonyl (C=O) groups excluding carboxylic acids is 1. The molecule has 0 aliphatic heterocycles. The smallest absolute Gasteiger partial charge is 0.387 e. The molecule has 0 spiro atoms. The van der Waals surface area contributed by atoms with E-state index in [1.807, 2.05) is 0 Å². The van der Waals surface area contributed by atoms with Crippen LogP contribution in [0.1, 0.15) is 29.6 Å². The minimum Gasteiger partial charge on any atom is -0.435 e. The van der Waals surface area contributed by atoms with Crippen molar-refractivity contribution in [2.24, 2.45) is 5.41 Å². The van der Waals surface area contributed by atoms with Crippen LogP contribution in [0.2, 0.25) is 0 Å². The van der Waals surface area contributed by atoms with Gasteiger partial charge >= 0.3 is 6.61 Å². The number of hydrogen-bond acceptors (Lipinski definition) is 2. The monoisotopic (exact) mass is 347 g/mol. The van der Waals surface area contributed by atoms with E-state index in [0.717, 1.165) is 24.6 Å². The normalized spacial score (nSPS) is 16.0. The number of ether oxygens (including phenoxy) is 1. The standard InChI is InChI=1S/C14H16BrF2NO2/c15-7-6-14(4-5-14)9-18-12(19)10-2-1-3-11(8-10)20-13(16)17/h1-3,8,13H,4-7,9H2,(H,18,19). The van der Waals surface area contributed by atoms with E-state index < -0.39 is 6.61 Å². The molecule has 110 valence electrons. The number of amides is 1. The number of alkyl halides is 3. The fourth-order valence-electron chi connectivity index (χ4n) is 2.08. The lowest BCUT2D eigenvalue weighted by Gasteiger charge is -2.14. The van der Waals surface area contributed by atoms with Gasteiger partial charge in [-0.15, -0.1) is 0 Å². The molecular formula is C14H16BrF2NO2. The maximum Gasteiger partial charge on any atom is 0.387 e. The molecule has 0 radical (unpaired) electrons. The van der Waals surface area contributed by atoms with Crippen LogP contribution in [-0.4, -0.2) is 24.4 Å². The molecule has 1 amide bonds. The van der Waals surface area contributed by atoms with Gasteiger partial charge in [-0.3, -0.25) is 4.79 Å². The predicted octanol–water partition coefficient (Wildman–Crippen LogP) is 3.58. The Bertz CT molecular complexity index is 478. The lowest BCUT2D eigenvalue weighted by atomic mass is 10.0. The van der Waals surface area contributed by atoms with Crippen LogP contribution in [0.25, 0.3) is 0 Å². The zero-order valence-corrected chi connectivity index (χ0v) is 12.5. The van der Waals surface area contributed by atoms with E-state index >= 15 is 0 Å². The molecule has 1 fully saturated rings. The maximum absolute atomic E-state index is 12.1. The van der Waals surface area contributed by atoms with Crippen LogP contribution >= 0.6 is 15.9 Å². The molecule has 2 rings (SSSR count). The van der Waals surface area contributed by atoms with Gasteiger partial charge in [0.15, 0.2) is 0 Å². The molecule has 3 nitrogen and oxygen atoms in total. The molecule has 6 heteroatoms. The molecule has 1 aromatic carbocycles. The van der Waals surface area contributed by atoms with Gasteiger partial charge in [0.1, 0.15) is 5.75 Å². The van der Waals surface area contributed by atoms with Gasteiger partial charge in [-0.05, 0) is 42.9 Å². The lowest BCUT2D eigenvalue weighted by molar-refractivity contribution is -0.0498. The van der Waals surface area contributed by atoms with Crippen molar-refractivity contribution < 1.29 is 18.3 Å². The van der Waals surface area contributed by atoms with Crippen LogP contribution in [0.4, 0.5) is 8.78 Å². The lowest BCUT2D eigenvalue weighted by Crippen LogP contribution is -2.30. The Kier molecular flexibility index (Phi) is 4.96. The average Bonchev–Trinajstić information content (AvgIpc) is 3.16. The van der Waals surface area contributed by atoms with E-state index in [2.05, 4.69) is 26.0 Å². The molecule has 1 saturated carbocycles. The van der Waals surface area contributed by atoms with Crippen molar-refractivity contribution in [2.45, 2.75) is 25.9 Å². The van der Waals surface area contributed by atoms with Crippen LogP contribution in [0.15, 0.2) is 24.3 Å². The highest BCUT2D eigenvalue weighted by atomic mass is 79.9. The molecule has 20 heavy (non-hydrogen) atoms. The summed E-state index contributed by atoms with van der Waals surface area (Å²) in [5, 5.41) is 3.78. The molecule has 1 aromatic rings. The largest absolute Gasteiger partial charge is 0.435 e. The minimum atomic E-state index is -2.89. The van der Waals surface area contributed by atoms with Gasteiger partial charge in [-0.2, -0.15) is 8.78 Å². The van der Waals surface area contributed by atoms with E-state index in [-0.39, 0.29) is 17.1 Å². The van der Waals surface area contributed by atoms with Gasteiger partial charge in [-0.1, -0.05) is 22.0 Å². The number of halogens is 3. The van der Waals surface area contributed by atoms with Crippen LogP contribution < -0.4 is 10.1 Å². The molecule has 0 atom stereocenters. The summed E-state index contributed by atoms with van der Waals surface area (Å²) in [5.74, 6) is -0.264. The number of benzene rings is 1. The molecule has 1 aliphatic rings. The average molecular weight is 348 g/mol. The first kappa shape index (κ1) is 15.2. The van der Waals surface area contributed by atoms with Crippen molar-refractivity contribution in [1.82, 2.24) is 5.32 Å². The van der Waals surface area contributed by atoms with Gasteiger partial charge in [0, 0.05) is 17.4 Å². The zero-order chi connectivity index (χ0) is 14.6. The minimum absolute atomic E-state index is 0.00533. The Hall–Kier alpha value is -1.17. The Morgan fingerprint density at radius 1 is 1.45 bits per heavy atom. The zero-order valence-electron chi connectivity index (χ0n) is 10.9. The van der Waals surface area contributed by atoms with Crippen molar-refractivity contribution >= 4 is 21.8 Å². The van der Waals surface area contributed by atoms with E-state index in [9.17, 15) is 13.6 Å². The summed E-state index contributed by atoms with van der Waals surface area (Å²) in [6.45, 7) is -2.26. The number of hydrogen-bond donors (Lipinski definition) is 1. The number of carbonyl (C=O) groups is 1. The van der Waals surface area contributed by atoms with E-state index in [4.69, 9.17) is 0 Å². The van der Waals surface area contributed by atoms with Gasteiger partial charge < -0.3 is 10.1 Å². The summed E-state index contributed by atoms with van der Waals surface area (Å²) in [6, 6.07) is 5.83. The topological polar surface area (TPSA) is 38.3 Å². The van der Waals surface area contributed by atoms with Gasteiger partial charge in [0.25, 0.3) is 5.91 Å². The summed E-state index contributed by atoms with van der Waals surface area (Å²) in [6.07, 6.45) is 3.27. The number of nitrogens with one attached hydrogen (secondary N) is 1. The highest BCUT2D eigenvalue weighted by molar-refractivity contribution is 9.09. The van der Waals surface area contributed by atoms with E-state index in [1.54, 1.807) is 6.07 Å². The van der Waals surface area contributed by atoms with Crippen molar-refractivity contribution in [2.75, 3.05) is 11.9 Å². The van der Waals surface area contributed by atoms with Crippen molar-refractivity contribution in [3.63, 3.8) is 0 Å². The summed E-state index contributed by atoms with van der Waals surface area (Å²) in [7, 11) is 0.